The number of unbranched alkanes of at least 4 members (excludes halogenated alkanes) is 3. The summed E-state index contributed by atoms with van der Waals surface area (Å²) in [7, 11) is 0. The van der Waals surface area contributed by atoms with Crippen LogP contribution in [-0.4, -0.2) is 21.6 Å². The molecule has 0 amide bonds. The van der Waals surface area contributed by atoms with Gasteiger partial charge >= 0.3 is 0 Å². The third kappa shape index (κ3) is 6.64. The van der Waals surface area contributed by atoms with Crippen molar-refractivity contribution in [1.82, 2.24) is 15.0 Å². The van der Waals surface area contributed by atoms with Gasteiger partial charge in [0, 0.05) is 42.6 Å². The van der Waals surface area contributed by atoms with Gasteiger partial charge in [0.1, 0.15) is 11.6 Å². The zero-order chi connectivity index (χ0) is 23.4. The summed E-state index contributed by atoms with van der Waals surface area (Å²) in [6, 6.07) is 20.4. The number of rotatable bonds is 12. The number of ether oxygens (including phenoxy) is 1. The molecule has 0 aliphatic carbocycles. The van der Waals surface area contributed by atoms with Crippen molar-refractivity contribution in [2.24, 2.45) is 0 Å². The van der Waals surface area contributed by atoms with E-state index in [-0.39, 0.29) is 5.92 Å². The van der Waals surface area contributed by atoms with Crippen LogP contribution in [0.4, 0.5) is 11.5 Å². The molecular weight excluding hydrogens is 420 g/mol. The molecule has 0 atom stereocenters. The molecule has 5 heteroatoms. The highest BCUT2D eigenvalue weighted by molar-refractivity contribution is 5.60. The van der Waals surface area contributed by atoms with Crippen LogP contribution in [-0.2, 0) is 6.42 Å². The summed E-state index contributed by atoms with van der Waals surface area (Å²) in [6.07, 6.45) is 14.9. The molecule has 0 radical (unpaired) electrons. The van der Waals surface area contributed by atoms with Crippen LogP contribution in [0.25, 0.3) is 0 Å². The fourth-order valence-corrected chi connectivity index (χ4v) is 4.02. The van der Waals surface area contributed by atoms with Crippen molar-refractivity contribution in [2.45, 2.75) is 44.9 Å². The van der Waals surface area contributed by atoms with Gasteiger partial charge in [0.05, 0.1) is 6.61 Å². The van der Waals surface area contributed by atoms with E-state index in [2.05, 4.69) is 45.4 Å². The average Bonchev–Trinajstić information content (AvgIpc) is 2.90. The highest BCUT2D eigenvalue weighted by Gasteiger charge is 2.18. The fraction of sp³-hybridized carbons (Fsp3) is 0.276. The number of hydrogen-bond acceptors (Lipinski definition) is 5. The molecule has 0 aliphatic rings. The number of anilines is 2. The normalized spacial score (nSPS) is 10.9. The Labute approximate surface area is 202 Å². The van der Waals surface area contributed by atoms with Gasteiger partial charge in [-0.2, -0.15) is 0 Å². The van der Waals surface area contributed by atoms with E-state index in [0.717, 1.165) is 53.4 Å². The van der Waals surface area contributed by atoms with E-state index < -0.39 is 0 Å². The lowest BCUT2D eigenvalue weighted by Gasteiger charge is -2.19. The molecule has 0 spiro atoms. The van der Waals surface area contributed by atoms with Crippen LogP contribution in [0.2, 0.25) is 0 Å². The lowest BCUT2D eigenvalue weighted by atomic mass is 9.87. The average molecular weight is 453 g/mol. The molecule has 1 aromatic carbocycles. The van der Waals surface area contributed by atoms with Gasteiger partial charge in [-0.15, -0.1) is 0 Å². The molecule has 5 nitrogen and oxygen atoms in total. The van der Waals surface area contributed by atoms with Crippen LogP contribution >= 0.6 is 0 Å². The van der Waals surface area contributed by atoms with E-state index in [1.165, 1.54) is 19.3 Å². The van der Waals surface area contributed by atoms with E-state index in [0.29, 0.717) is 0 Å². The van der Waals surface area contributed by atoms with Crippen molar-refractivity contribution in [2.75, 3.05) is 11.9 Å². The number of nitrogens with one attached hydrogen (secondary N) is 1. The van der Waals surface area contributed by atoms with E-state index >= 15 is 0 Å². The summed E-state index contributed by atoms with van der Waals surface area (Å²) >= 11 is 0. The van der Waals surface area contributed by atoms with Gasteiger partial charge < -0.3 is 10.1 Å². The largest absolute Gasteiger partial charge is 0.494 e. The van der Waals surface area contributed by atoms with Crippen molar-refractivity contribution in [1.29, 1.82) is 0 Å². The maximum Gasteiger partial charge on any atom is 0.133 e. The molecule has 4 rings (SSSR count). The van der Waals surface area contributed by atoms with Crippen molar-refractivity contribution >= 4 is 11.5 Å². The van der Waals surface area contributed by atoms with Gasteiger partial charge in [-0.3, -0.25) is 9.97 Å². The summed E-state index contributed by atoms with van der Waals surface area (Å²) in [4.78, 5) is 13.3. The molecule has 3 heterocycles. The number of benzene rings is 1. The molecule has 3 aromatic heterocycles. The first-order chi connectivity index (χ1) is 16.8. The summed E-state index contributed by atoms with van der Waals surface area (Å²) in [5.74, 6) is 1.89. The quantitative estimate of drug-likeness (QED) is 0.236. The molecule has 0 aliphatic heterocycles. The van der Waals surface area contributed by atoms with Gasteiger partial charge in [0.25, 0.3) is 0 Å². The minimum atomic E-state index is 0.135. The molecule has 4 aromatic rings. The molecule has 34 heavy (non-hydrogen) atoms. The summed E-state index contributed by atoms with van der Waals surface area (Å²) < 4.78 is 5.88. The minimum absolute atomic E-state index is 0.135. The Morgan fingerprint density at radius 3 is 2.15 bits per heavy atom. The number of pyridine rings is 3. The third-order valence-corrected chi connectivity index (χ3v) is 5.87. The maximum absolute atomic E-state index is 5.88. The van der Waals surface area contributed by atoms with Crippen molar-refractivity contribution in [3.8, 4) is 5.75 Å². The van der Waals surface area contributed by atoms with E-state index in [1.807, 2.05) is 61.1 Å². The van der Waals surface area contributed by atoms with E-state index in [1.54, 1.807) is 12.4 Å². The zero-order valence-electron chi connectivity index (χ0n) is 19.7. The molecule has 0 saturated heterocycles. The standard InChI is InChI=1S/C29H32N4O/c1-2-3-4-5-19-34-27-14-12-26(13-15-27)33-29-23(9-8-18-32-29)20-28(24-10-6-16-30-21-24)25-11-7-17-31-22-25/h6-18,21-22,28H,2-5,19-20H2,1H3,(H,32,33). The van der Waals surface area contributed by atoms with E-state index in [9.17, 15) is 0 Å². The van der Waals surface area contributed by atoms with E-state index in [4.69, 9.17) is 4.74 Å². The molecule has 0 saturated carbocycles. The Balaban J connectivity index is 1.47. The maximum atomic E-state index is 5.88. The van der Waals surface area contributed by atoms with Crippen LogP contribution in [0.3, 0.4) is 0 Å². The smallest absolute Gasteiger partial charge is 0.133 e. The summed E-state index contributed by atoms with van der Waals surface area (Å²) in [5.41, 5.74) is 4.44. The molecular formula is C29H32N4O. The van der Waals surface area contributed by atoms with Crippen molar-refractivity contribution in [3.63, 3.8) is 0 Å². The van der Waals surface area contributed by atoms with Crippen molar-refractivity contribution < 1.29 is 4.74 Å². The number of aromatic nitrogens is 3. The second kappa shape index (κ2) is 12.5. The Bertz CT molecular complexity index is 1080. The molecule has 0 unspecified atom stereocenters. The molecule has 174 valence electrons. The first kappa shape index (κ1) is 23.4. The SMILES string of the molecule is CCCCCCOc1ccc(Nc2ncccc2CC(c2cccnc2)c2cccnc2)cc1. The lowest BCUT2D eigenvalue weighted by Crippen LogP contribution is -2.08. The van der Waals surface area contributed by atoms with Gasteiger partial charge in [0.15, 0.2) is 0 Å². The van der Waals surface area contributed by atoms with Gasteiger partial charge in [-0.05, 0) is 72.0 Å². The number of nitrogens with zero attached hydrogens (tertiary/aromatic N) is 3. The number of hydrogen-bond donors (Lipinski definition) is 1. The van der Waals surface area contributed by atoms with Gasteiger partial charge in [0.2, 0.25) is 0 Å². The highest BCUT2D eigenvalue weighted by Crippen LogP contribution is 2.31. The Morgan fingerprint density at radius 1 is 0.794 bits per heavy atom. The lowest BCUT2D eigenvalue weighted by molar-refractivity contribution is 0.305. The zero-order valence-corrected chi connectivity index (χ0v) is 19.7. The molecule has 1 N–H and O–H groups in total. The minimum Gasteiger partial charge on any atom is -0.494 e. The van der Waals surface area contributed by atoms with Crippen molar-refractivity contribution in [3.05, 3.63) is 108 Å². The van der Waals surface area contributed by atoms with Crippen LogP contribution < -0.4 is 10.1 Å². The summed E-state index contributed by atoms with van der Waals surface area (Å²) in [6.45, 7) is 2.98. The third-order valence-electron chi connectivity index (χ3n) is 5.87. The topological polar surface area (TPSA) is 59.9 Å². The first-order valence-corrected chi connectivity index (χ1v) is 12.1. The highest BCUT2D eigenvalue weighted by atomic mass is 16.5. The van der Waals surface area contributed by atoms with Gasteiger partial charge in [-0.1, -0.05) is 44.4 Å². The van der Waals surface area contributed by atoms with Gasteiger partial charge in [-0.25, -0.2) is 4.98 Å². The molecule has 0 fully saturated rings. The second-order valence-electron chi connectivity index (χ2n) is 8.40. The Kier molecular flexibility index (Phi) is 8.61. The summed E-state index contributed by atoms with van der Waals surface area (Å²) in [5, 5.41) is 3.49. The van der Waals surface area contributed by atoms with Crippen LogP contribution in [0.1, 0.15) is 55.2 Å². The Hall–Kier alpha value is -3.73. The monoisotopic (exact) mass is 452 g/mol. The fourth-order valence-electron chi connectivity index (χ4n) is 4.02. The molecule has 0 bridgehead atoms. The second-order valence-corrected chi connectivity index (χ2v) is 8.40. The Morgan fingerprint density at radius 2 is 1.50 bits per heavy atom. The van der Waals surface area contributed by atoms with Crippen LogP contribution in [0.5, 0.6) is 5.75 Å². The predicted octanol–water partition coefficient (Wildman–Crippen LogP) is 6.95. The van der Waals surface area contributed by atoms with Crippen LogP contribution in [0.15, 0.2) is 91.6 Å². The van der Waals surface area contributed by atoms with Crippen LogP contribution in [0, 0.1) is 0 Å². The first-order valence-electron chi connectivity index (χ1n) is 12.1. The predicted molar refractivity (Wildman–Crippen MR) is 138 cm³/mol.